The summed E-state index contributed by atoms with van der Waals surface area (Å²) in [6.07, 6.45) is 3.70. The quantitative estimate of drug-likeness (QED) is 0.764. The molecule has 8 heteroatoms. The van der Waals surface area contributed by atoms with Crippen LogP contribution < -0.4 is 0 Å². The number of hydrogen-bond donors (Lipinski definition) is 0. The molecule has 7 nitrogen and oxygen atoms in total. The first-order valence-electron chi connectivity index (χ1n) is 7.57. The summed E-state index contributed by atoms with van der Waals surface area (Å²) in [7, 11) is -3.42. The van der Waals surface area contributed by atoms with Crippen LogP contribution in [0.15, 0.2) is 17.4 Å². The molecule has 2 heterocycles. The summed E-state index contributed by atoms with van der Waals surface area (Å²) in [6, 6.07) is 1.74. The van der Waals surface area contributed by atoms with Crippen molar-refractivity contribution in [3.63, 3.8) is 0 Å². The molecule has 0 saturated carbocycles. The number of carbonyl (C=O) groups is 1. The van der Waals surface area contributed by atoms with Crippen molar-refractivity contribution in [2.24, 2.45) is 0 Å². The van der Waals surface area contributed by atoms with Crippen LogP contribution in [0.25, 0.3) is 0 Å². The van der Waals surface area contributed by atoms with Crippen LogP contribution in [0, 0.1) is 0 Å². The van der Waals surface area contributed by atoms with Crippen LogP contribution in [0.4, 0.5) is 4.79 Å². The number of aromatic nitrogens is 2. The molecule has 1 aliphatic heterocycles. The fraction of sp³-hybridized carbons (Fsp3) is 0.667. The number of nitrogens with zero attached hydrogens (tertiary/aromatic N) is 3. The molecule has 1 aromatic heterocycles. The summed E-state index contributed by atoms with van der Waals surface area (Å²) in [5, 5.41) is -0.149. The van der Waals surface area contributed by atoms with Crippen molar-refractivity contribution < 1.29 is 17.9 Å². The average Bonchev–Trinajstić information content (AvgIpc) is 2.45. The van der Waals surface area contributed by atoms with Gasteiger partial charge in [-0.15, -0.1) is 0 Å². The van der Waals surface area contributed by atoms with Gasteiger partial charge in [0.2, 0.25) is 15.0 Å². The van der Waals surface area contributed by atoms with Crippen molar-refractivity contribution in [3.8, 4) is 0 Å². The van der Waals surface area contributed by atoms with Crippen molar-refractivity contribution in [2.75, 3.05) is 19.3 Å². The van der Waals surface area contributed by atoms with Crippen LogP contribution in [0.1, 0.15) is 45.2 Å². The molecule has 0 unspecified atom stereocenters. The maximum Gasteiger partial charge on any atom is 0.410 e. The molecule has 1 saturated heterocycles. The van der Waals surface area contributed by atoms with Gasteiger partial charge in [-0.25, -0.2) is 23.2 Å². The summed E-state index contributed by atoms with van der Waals surface area (Å²) < 4.78 is 28.5. The highest BCUT2D eigenvalue weighted by Gasteiger charge is 2.28. The van der Waals surface area contributed by atoms with E-state index in [1.54, 1.807) is 11.0 Å². The minimum absolute atomic E-state index is 0.122. The topological polar surface area (TPSA) is 89.5 Å². The summed E-state index contributed by atoms with van der Waals surface area (Å²) in [5.74, 6) is 0.122. The van der Waals surface area contributed by atoms with Crippen molar-refractivity contribution in [2.45, 2.75) is 50.3 Å². The maximum absolute atomic E-state index is 12.0. The van der Waals surface area contributed by atoms with Crippen molar-refractivity contribution in [1.82, 2.24) is 14.9 Å². The van der Waals surface area contributed by atoms with Crippen LogP contribution in [0.2, 0.25) is 0 Å². The molecule has 1 aromatic rings. The summed E-state index contributed by atoms with van der Waals surface area (Å²) >= 11 is 0. The Kier molecular flexibility index (Phi) is 4.93. The third-order valence-electron chi connectivity index (χ3n) is 3.55. The van der Waals surface area contributed by atoms with Gasteiger partial charge in [-0.1, -0.05) is 0 Å². The Labute approximate surface area is 137 Å². The molecule has 23 heavy (non-hydrogen) atoms. The number of amides is 1. The number of piperidine rings is 1. The van der Waals surface area contributed by atoms with E-state index in [1.165, 1.54) is 6.20 Å². The maximum atomic E-state index is 12.0. The number of likely N-dealkylation sites (tertiary alicyclic amines) is 1. The fourth-order valence-corrected chi connectivity index (χ4v) is 2.97. The van der Waals surface area contributed by atoms with Gasteiger partial charge in [0.15, 0.2) is 0 Å². The van der Waals surface area contributed by atoms with E-state index in [-0.39, 0.29) is 17.2 Å². The van der Waals surface area contributed by atoms with Crippen molar-refractivity contribution >= 4 is 15.9 Å². The lowest BCUT2D eigenvalue weighted by molar-refractivity contribution is 0.0204. The molecule has 0 radical (unpaired) electrons. The second kappa shape index (κ2) is 6.43. The minimum Gasteiger partial charge on any atom is -0.444 e. The lowest BCUT2D eigenvalue weighted by Crippen LogP contribution is -2.41. The smallest absolute Gasteiger partial charge is 0.410 e. The molecule has 0 aliphatic carbocycles. The molecule has 1 fully saturated rings. The molecule has 1 amide bonds. The van der Waals surface area contributed by atoms with Crippen LogP contribution in [-0.4, -0.2) is 54.3 Å². The van der Waals surface area contributed by atoms with E-state index in [0.29, 0.717) is 18.8 Å². The first kappa shape index (κ1) is 17.7. The van der Waals surface area contributed by atoms with Crippen LogP contribution in [0.5, 0.6) is 0 Å². The monoisotopic (exact) mass is 341 g/mol. The lowest BCUT2D eigenvalue weighted by atomic mass is 9.93. The van der Waals surface area contributed by atoms with Gasteiger partial charge in [-0.05, 0) is 39.7 Å². The highest BCUT2D eigenvalue weighted by Crippen LogP contribution is 2.27. The van der Waals surface area contributed by atoms with Gasteiger partial charge in [0, 0.05) is 37.2 Å². The van der Waals surface area contributed by atoms with Gasteiger partial charge in [0.1, 0.15) is 5.60 Å². The van der Waals surface area contributed by atoms with Crippen molar-refractivity contribution in [1.29, 1.82) is 0 Å². The van der Waals surface area contributed by atoms with E-state index in [1.807, 2.05) is 20.8 Å². The second-order valence-electron chi connectivity index (χ2n) is 6.78. The van der Waals surface area contributed by atoms with Gasteiger partial charge < -0.3 is 9.64 Å². The lowest BCUT2D eigenvalue weighted by Gasteiger charge is -2.33. The highest BCUT2D eigenvalue weighted by atomic mass is 32.2. The molecular weight excluding hydrogens is 318 g/mol. The Balaban J connectivity index is 2.01. The zero-order valence-corrected chi connectivity index (χ0v) is 14.8. The predicted octanol–water partition coefficient (Wildman–Crippen LogP) is 1.99. The second-order valence-corrected chi connectivity index (χ2v) is 8.69. The van der Waals surface area contributed by atoms with Crippen LogP contribution >= 0.6 is 0 Å². The third-order valence-corrected chi connectivity index (χ3v) is 4.41. The van der Waals surface area contributed by atoms with E-state index in [2.05, 4.69) is 9.97 Å². The molecule has 128 valence electrons. The average molecular weight is 341 g/mol. The Morgan fingerprint density at radius 1 is 1.30 bits per heavy atom. The molecule has 1 aliphatic rings. The SMILES string of the molecule is CC(C)(C)OC(=O)N1CCC(c2ccnc(S(C)(=O)=O)n2)CC1. The first-order chi connectivity index (χ1) is 10.6. The first-order valence-corrected chi connectivity index (χ1v) is 9.46. The number of ether oxygens (including phenoxy) is 1. The van der Waals surface area contributed by atoms with Crippen molar-refractivity contribution in [3.05, 3.63) is 18.0 Å². The van der Waals surface area contributed by atoms with Crippen LogP contribution in [0.3, 0.4) is 0 Å². The van der Waals surface area contributed by atoms with E-state index >= 15 is 0 Å². The Bertz CT molecular complexity index is 674. The number of hydrogen-bond acceptors (Lipinski definition) is 6. The third kappa shape index (κ3) is 4.89. The molecule has 0 spiro atoms. The minimum atomic E-state index is -3.42. The molecular formula is C15H23N3O4S. The van der Waals surface area contributed by atoms with Gasteiger partial charge in [0.05, 0.1) is 0 Å². The van der Waals surface area contributed by atoms with Gasteiger partial charge >= 0.3 is 6.09 Å². The number of rotatable bonds is 2. The molecule has 0 aromatic carbocycles. The van der Waals surface area contributed by atoms with E-state index < -0.39 is 15.4 Å². The van der Waals surface area contributed by atoms with Crippen LogP contribution in [-0.2, 0) is 14.6 Å². The summed E-state index contributed by atoms with van der Waals surface area (Å²) in [5.41, 5.74) is 0.203. The Morgan fingerprint density at radius 2 is 1.91 bits per heavy atom. The Morgan fingerprint density at radius 3 is 2.43 bits per heavy atom. The summed E-state index contributed by atoms with van der Waals surface area (Å²) in [6.45, 7) is 6.65. The normalized spacial score (nSPS) is 17.1. The van der Waals surface area contributed by atoms with E-state index in [0.717, 1.165) is 19.1 Å². The van der Waals surface area contributed by atoms with Gasteiger partial charge in [-0.3, -0.25) is 0 Å². The standard InChI is InChI=1S/C15H23N3O4S/c1-15(2,3)22-14(19)18-9-6-11(7-10-18)12-5-8-16-13(17-12)23(4,20)21/h5,8,11H,6-7,9-10H2,1-4H3. The molecule has 0 N–H and O–H groups in total. The van der Waals surface area contributed by atoms with E-state index in [9.17, 15) is 13.2 Å². The van der Waals surface area contributed by atoms with Gasteiger partial charge in [-0.2, -0.15) is 0 Å². The zero-order chi connectivity index (χ0) is 17.3. The highest BCUT2D eigenvalue weighted by molar-refractivity contribution is 7.90. The predicted molar refractivity (Wildman–Crippen MR) is 84.9 cm³/mol. The summed E-state index contributed by atoms with van der Waals surface area (Å²) in [4.78, 5) is 21.7. The largest absolute Gasteiger partial charge is 0.444 e. The fourth-order valence-electron chi connectivity index (χ4n) is 2.44. The molecule has 0 bridgehead atoms. The number of sulfone groups is 1. The zero-order valence-electron chi connectivity index (χ0n) is 13.9. The molecule has 2 rings (SSSR count). The number of carbonyl (C=O) groups excluding carboxylic acids is 1. The van der Waals surface area contributed by atoms with E-state index in [4.69, 9.17) is 4.74 Å². The van der Waals surface area contributed by atoms with Gasteiger partial charge in [0.25, 0.3) is 0 Å². The molecule has 0 atom stereocenters. The Hall–Kier alpha value is -1.70.